The number of hydrogen-bond donors (Lipinski definition) is 1. The van der Waals surface area contributed by atoms with Crippen LogP contribution in [0.15, 0.2) is 48.5 Å². The molecule has 122 valence electrons. The van der Waals surface area contributed by atoms with Crippen molar-refractivity contribution < 1.29 is 18.7 Å². The Labute approximate surface area is 135 Å². The molecule has 0 aliphatic rings. The zero-order valence-corrected chi connectivity index (χ0v) is 13.2. The molecule has 0 radical (unpaired) electrons. The standard InChI is InChI=1S/C18H20FNO3/c1-13(12-23-16-9-7-15(22-2)8-10-16)20-18(21)11-14-5-3-4-6-17(14)19/h3-10,13H,11-12H2,1-2H3,(H,20,21). The van der Waals surface area contributed by atoms with Crippen molar-refractivity contribution in [3.8, 4) is 11.5 Å². The number of methoxy groups -OCH3 is 1. The van der Waals surface area contributed by atoms with Crippen molar-refractivity contribution in [2.45, 2.75) is 19.4 Å². The predicted octanol–water partition coefficient (Wildman–Crippen LogP) is 2.96. The molecule has 0 aliphatic carbocycles. The van der Waals surface area contributed by atoms with Crippen LogP contribution in [0.3, 0.4) is 0 Å². The molecule has 1 unspecified atom stereocenters. The fourth-order valence-corrected chi connectivity index (χ4v) is 2.08. The number of carbonyl (C=O) groups excluding carboxylic acids is 1. The zero-order chi connectivity index (χ0) is 16.7. The molecule has 0 aliphatic heterocycles. The molecule has 0 bridgehead atoms. The van der Waals surface area contributed by atoms with Crippen LogP contribution in [0.5, 0.6) is 11.5 Å². The Kier molecular flexibility index (Phi) is 5.97. The lowest BCUT2D eigenvalue weighted by molar-refractivity contribution is -0.121. The van der Waals surface area contributed by atoms with Gasteiger partial charge in [0, 0.05) is 0 Å². The third kappa shape index (κ3) is 5.29. The molecular weight excluding hydrogens is 297 g/mol. The molecule has 0 heterocycles. The van der Waals surface area contributed by atoms with Crippen LogP contribution in [0.2, 0.25) is 0 Å². The summed E-state index contributed by atoms with van der Waals surface area (Å²) in [6.07, 6.45) is 0.0134. The number of halogens is 1. The maximum atomic E-state index is 13.5. The summed E-state index contributed by atoms with van der Waals surface area (Å²) in [6, 6.07) is 13.3. The second-order valence-corrected chi connectivity index (χ2v) is 5.22. The van der Waals surface area contributed by atoms with Gasteiger partial charge < -0.3 is 14.8 Å². The van der Waals surface area contributed by atoms with Crippen LogP contribution in [0.25, 0.3) is 0 Å². The van der Waals surface area contributed by atoms with Crippen LogP contribution < -0.4 is 14.8 Å². The fraction of sp³-hybridized carbons (Fsp3) is 0.278. The van der Waals surface area contributed by atoms with Gasteiger partial charge in [0.1, 0.15) is 23.9 Å². The van der Waals surface area contributed by atoms with Crippen LogP contribution in [0.1, 0.15) is 12.5 Å². The van der Waals surface area contributed by atoms with E-state index in [0.29, 0.717) is 17.9 Å². The smallest absolute Gasteiger partial charge is 0.224 e. The van der Waals surface area contributed by atoms with E-state index < -0.39 is 0 Å². The van der Waals surface area contributed by atoms with Gasteiger partial charge in [-0.2, -0.15) is 0 Å². The third-order valence-corrected chi connectivity index (χ3v) is 3.28. The Morgan fingerprint density at radius 1 is 1.13 bits per heavy atom. The molecule has 1 amide bonds. The van der Waals surface area contributed by atoms with E-state index >= 15 is 0 Å². The average Bonchev–Trinajstić information content (AvgIpc) is 2.55. The minimum absolute atomic E-state index is 0.0134. The van der Waals surface area contributed by atoms with E-state index in [9.17, 15) is 9.18 Å². The lowest BCUT2D eigenvalue weighted by Gasteiger charge is -2.15. The van der Waals surface area contributed by atoms with E-state index in [1.165, 1.54) is 6.07 Å². The zero-order valence-electron chi connectivity index (χ0n) is 13.2. The highest BCUT2D eigenvalue weighted by Gasteiger charge is 2.11. The number of hydrogen-bond acceptors (Lipinski definition) is 3. The van der Waals surface area contributed by atoms with E-state index in [4.69, 9.17) is 9.47 Å². The lowest BCUT2D eigenvalue weighted by Crippen LogP contribution is -2.37. The Morgan fingerprint density at radius 3 is 2.43 bits per heavy atom. The second-order valence-electron chi connectivity index (χ2n) is 5.22. The van der Waals surface area contributed by atoms with Crippen molar-refractivity contribution in [2.24, 2.45) is 0 Å². The van der Waals surface area contributed by atoms with Gasteiger partial charge in [-0.1, -0.05) is 18.2 Å². The normalized spacial score (nSPS) is 11.6. The molecule has 1 atom stereocenters. The number of amides is 1. The van der Waals surface area contributed by atoms with Gasteiger partial charge in [0.05, 0.1) is 19.6 Å². The molecule has 0 fully saturated rings. The molecule has 2 aromatic carbocycles. The van der Waals surface area contributed by atoms with Gasteiger partial charge in [-0.25, -0.2) is 4.39 Å². The molecule has 0 saturated carbocycles. The molecule has 2 aromatic rings. The Balaban J connectivity index is 1.78. The molecular formula is C18H20FNO3. The van der Waals surface area contributed by atoms with Gasteiger partial charge in [-0.15, -0.1) is 0 Å². The molecule has 0 saturated heterocycles. The van der Waals surface area contributed by atoms with Crippen molar-refractivity contribution >= 4 is 5.91 Å². The van der Waals surface area contributed by atoms with Gasteiger partial charge >= 0.3 is 0 Å². The molecule has 5 heteroatoms. The maximum absolute atomic E-state index is 13.5. The molecule has 1 N–H and O–H groups in total. The Hall–Kier alpha value is -2.56. The summed E-state index contributed by atoms with van der Waals surface area (Å²) in [5.41, 5.74) is 0.383. The second kappa shape index (κ2) is 8.17. The first kappa shape index (κ1) is 16.8. The average molecular weight is 317 g/mol. The van der Waals surface area contributed by atoms with Gasteiger partial charge in [0.15, 0.2) is 0 Å². The van der Waals surface area contributed by atoms with Crippen LogP contribution in [0, 0.1) is 5.82 Å². The van der Waals surface area contributed by atoms with E-state index in [1.807, 2.05) is 6.92 Å². The monoisotopic (exact) mass is 317 g/mol. The maximum Gasteiger partial charge on any atom is 0.224 e. The molecule has 0 aromatic heterocycles. The summed E-state index contributed by atoms with van der Waals surface area (Å²) in [5, 5.41) is 2.79. The number of benzene rings is 2. The van der Waals surface area contributed by atoms with Crippen molar-refractivity contribution in [2.75, 3.05) is 13.7 Å². The summed E-state index contributed by atoms with van der Waals surface area (Å²) in [4.78, 5) is 11.9. The highest BCUT2D eigenvalue weighted by Crippen LogP contribution is 2.17. The molecule has 23 heavy (non-hydrogen) atoms. The highest BCUT2D eigenvalue weighted by atomic mass is 19.1. The third-order valence-electron chi connectivity index (χ3n) is 3.28. The summed E-state index contributed by atoms with van der Waals surface area (Å²) in [7, 11) is 1.60. The van der Waals surface area contributed by atoms with Gasteiger partial charge in [-0.05, 0) is 42.8 Å². The highest BCUT2D eigenvalue weighted by molar-refractivity contribution is 5.78. The summed E-state index contributed by atoms with van der Waals surface area (Å²) in [5.74, 6) is 0.843. The van der Waals surface area contributed by atoms with E-state index in [1.54, 1.807) is 49.6 Å². The summed E-state index contributed by atoms with van der Waals surface area (Å²) in [6.45, 7) is 2.16. The fourth-order valence-electron chi connectivity index (χ4n) is 2.08. The van der Waals surface area contributed by atoms with Gasteiger partial charge in [0.2, 0.25) is 5.91 Å². The van der Waals surface area contributed by atoms with Crippen LogP contribution in [0.4, 0.5) is 4.39 Å². The van der Waals surface area contributed by atoms with Gasteiger partial charge in [-0.3, -0.25) is 4.79 Å². The van der Waals surface area contributed by atoms with E-state index in [-0.39, 0.29) is 24.2 Å². The topological polar surface area (TPSA) is 47.6 Å². The SMILES string of the molecule is COc1ccc(OCC(C)NC(=O)Cc2ccccc2F)cc1. The van der Waals surface area contributed by atoms with E-state index in [2.05, 4.69) is 5.32 Å². The summed E-state index contributed by atoms with van der Waals surface area (Å²) < 4.78 is 24.2. The Bertz CT molecular complexity index is 643. The van der Waals surface area contributed by atoms with Crippen molar-refractivity contribution in [1.82, 2.24) is 5.32 Å². The number of rotatable bonds is 7. The summed E-state index contributed by atoms with van der Waals surface area (Å²) >= 11 is 0. The predicted molar refractivity (Wildman–Crippen MR) is 86.2 cm³/mol. The molecule has 2 rings (SSSR count). The van der Waals surface area contributed by atoms with Crippen LogP contribution in [-0.2, 0) is 11.2 Å². The minimum atomic E-state index is -0.371. The van der Waals surface area contributed by atoms with E-state index in [0.717, 1.165) is 5.75 Å². The number of ether oxygens (including phenoxy) is 2. The first-order chi connectivity index (χ1) is 11.1. The quantitative estimate of drug-likeness (QED) is 0.854. The first-order valence-corrected chi connectivity index (χ1v) is 7.38. The number of carbonyl (C=O) groups is 1. The molecule has 0 spiro atoms. The first-order valence-electron chi connectivity index (χ1n) is 7.38. The Morgan fingerprint density at radius 2 is 1.78 bits per heavy atom. The number of nitrogens with one attached hydrogen (secondary N) is 1. The van der Waals surface area contributed by atoms with Gasteiger partial charge in [0.25, 0.3) is 0 Å². The largest absolute Gasteiger partial charge is 0.497 e. The van der Waals surface area contributed by atoms with Crippen molar-refractivity contribution in [1.29, 1.82) is 0 Å². The lowest BCUT2D eigenvalue weighted by atomic mass is 10.1. The van der Waals surface area contributed by atoms with Crippen LogP contribution in [-0.4, -0.2) is 25.7 Å². The minimum Gasteiger partial charge on any atom is -0.497 e. The van der Waals surface area contributed by atoms with Crippen LogP contribution >= 0.6 is 0 Å². The molecule has 4 nitrogen and oxygen atoms in total. The van der Waals surface area contributed by atoms with Crippen molar-refractivity contribution in [3.63, 3.8) is 0 Å². The van der Waals surface area contributed by atoms with Crippen molar-refractivity contribution in [3.05, 3.63) is 59.9 Å².